The molecule has 0 unspecified atom stereocenters. The lowest BCUT2D eigenvalue weighted by Gasteiger charge is -2.33. The van der Waals surface area contributed by atoms with Gasteiger partial charge in [-0.2, -0.15) is 0 Å². The highest BCUT2D eigenvalue weighted by Gasteiger charge is 2.30. The summed E-state index contributed by atoms with van der Waals surface area (Å²) in [5.74, 6) is 1.10. The van der Waals surface area contributed by atoms with E-state index in [2.05, 4.69) is 35.0 Å². The molecule has 0 N–H and O–H groups in total. The molecule has 0 spiro atoms. The van der Waals surface area contributed by atoms with E-state index in [0.717, 1.165) is 49.0 Å². The number of fused-ring (bicyclic) bond motifs is 1. The number of halogens is 2. The van der Waals surface area contributed by atoms with Gasteiger partial charge in [0.05, 0.1) is 10.5 Å². The van der Waals surface area contributed by atoms with Crippen molar-refractivity contribution in [1.29, 1.82) is 0 Å². The minimum Gasteiger partial charge on any atom is -0.488 e. The van der Waals surface area contributed by atoms with Crippen LogP contribution in [-0.4, -0.2) is 54.5 Å². The van der Waals surface area contributed by atoms with Gasteiger partial charge >= 0.3 is 0 Å². The number of hydrogen-bond acceptors (Lipinski definition) is 5. The van der Waals surface area contributed by atoms with Crippen LogP contribution >= 0.6 is 24.8 Å². The van der Waals surface area contributed by atoms with Crippen LogP contribution in [-0.2, 0) is 16.3 Å². The van der Waals surface area contributed by atoms with Gasteiger partial charge in [-0.25, -0.2) is 8.42 Å². The smallest absolute Gasteiger partial charge is 0.156 e. The molecule has 2 aromatic rings. The zero-order valence-corrected chi connectivity index (χ0v) is 22.1. The summed E-state index contributed by atoms with van der Waals surface area (Å²) in [7, 11) is -3.08. The van der Waals surface area contributed by atoms with Gasteiger partial charge in [0.2, 0.25) is 0 Å². The predicted molar refractivity (Wildman–Crippen MR) is 138 cm³/mol. The average molecular weight is 506 g/mol. The molecule has 182 valence electrons. The monoisotopic (exact) mass is 504 g/mol. The Bertz CT molecular complexity index is 953. The number of ether oxygens (including phenoxy) is 1. The minimum absolute atomic E-state index is 0. The molecule has 0 bridgehead atoms. The zero-order chi connectivity index (χ0) is 21.8. The Morgan fingerprint density at radius 1 is 1.16 bits per heavy atom. The van der Waals surface area contributed by atoms with Gasteiger partial charge in [0.25, 0.3) is 0 Å². The second-order valence-corrected chi connectivity index (χ2v) is 12.2. The molecule has 1 aliphatic heterocycles. The molecule has 0 radical (unpaired) electrons. The molecule has 1 aromatic carbocycles. The van der Waals surface area contributed by atoms with Crippen molar-refractivity contribution < 1.29 is 13.2 Å². The molecule has 0 atom stereocenters. The average Bonchev–Trinajstić information content (AvgIpc) is 2.71. The number of nitrogens with zero attached hydrogens (tertiary/aromatic N) is 2. The van der Waals surface area contributed by atoms with Crippen LogP contribution in [0.3, 0.4) is 0 Å². The molecular formula is C24H38Cl2N2O3S. The molecule has 1 saturated heterocycles. The van der Waals surface area contributed by atoms with Gasteiger partial charge in [-0.15, -0.1) is 24.8 Å². The SMILES string of the molecule is CCCCc1cc(OC2CCN(CCS(=O)(=O)C(C)(C)C)CC2)c2ncccc2c1.Cl.Cl. The molecule has 1 fully saturated rings. The van der Waals surface area contributed by atoms with E-state index in [0.29, 0.717) is 6.54 Å². The molecule has 0 amide bonds. The highest BCUT2D eigenvalue weighted by molar-refractivity contribution is 7.92. The molecule has 8 heteroatoms. The maximum Gasteiger partial charge on any atom is 0.156 e. The largest absolute Gasteiger partial charge is 0.488 e. The lowest BCUT2D eigenvalue weighted by Crippen LogP contribution is -2.42. The predicted octanol–water partition coefficient (Wildman–Crippen LogP) is 5.48. The van der Waals surface area contributed by atoms with Crippen LogP contribution in [0, 0.1) is 0 Å². The molecule has 0 saturated carbocycles. The van der Waals surface area contributed by atoms with Crippen molar-refractivity contribution >= 4 is 45.6 Å². The molecule has 1 aromatic heterocycles. The van der Waals surface area contributed by atoms with Crippen molar-refractivity contribution in [2.45, 2.75) is 70.7 Å². The first-order chi connectivity index (χ1) is 14.2. The van der Waals surface area contributed by atoms with Crippen LogP contribution in [0.4, 0.5) is 0 Å². The topological polar surface area (TPSA) is 59.5 Å². The van der Waals surface area contributed by atoms with E-state index in [1.54, 1.807) is 20.8 Å². The summed E-state index contributed by atoms with van der Waals surface area (Å²) in [6.45, 7) is 9.86. The molecule has 3 rings (SSSR count). The van der Waals surface area contributed by atoms with Crippen LogP contribution in [0.2, 0.25) is 0 Å². The lowest BCUT2D eigenvalue weighted by atomic mass is 10.0. The van der Waals surface area contributed by atoms with E-state index in [9.17, 15) is 8.42 Å². The highest BCUT2D eigenvalue weighted by atomic mass is 35.5. The highest BCUT2D eigenvalue weighted by Crippen LogP contribution is 2.29. The Morgan fingerprint density at radius 2 is 1.84 bits per heavy atom. The van der Waals surface area contributed by atoms with Crippen LogP contribution < -0.4 is 4.74 Å². The second-order valence-electron chi connectivity index (χ2n) is 9.36. The number of likely N-dealkylation sites (tertiary alicyclic amines) is 1. The summed E-state index contributed by atoms with van der Waals surface area (Å²) in [5.41, 5.74) is 2.23. The Kier molecular flexibility index (Phi) is 11.2. The number of aryl methyl sites for hydroxylation is 1. The second kappa shape index (κ2) is 12.4. The van der Waals surface area contributed by atoms with Gasteiger partial charge in [-0.3, -0.25) is 4.98 Å². The van der Waals surface area contributed by atoms with Crippen molar-refractivity contribution in [3.05, 3.63) is 36.0 Å². The zero-order valence-electron chi connectivity index (χ0n) is 19.7. The summed E-state index contributed by atoms with van der Waals surface area (Å²) in [5, 5.41) is 1.13. The first-order valence-corrected chi connectivity index (χ1v) is 12.8. The third-order valence-corrected chi connectivity index (χ3v) is 8.57. The van der Waals surface area contributed by atoms with Gasteiger partial charge in [0.1, 0.15) is 17.4 Å². The third-order valence-electron chi connectivity index (χ3n) is 5.99. The first kappa shape index (κ1) is 29.0. The van der Waals surface area contributed by atoms with E-state index < -0.39 is 14.6 Å². The molecule has 1 aliphatic rings. The maximum atomic E-state index is 12.4. The van der Waals surface area contributed by atoms with Crippen LogP contribution in [0.25, 0.3) is 10.9 Å². The van der Waals surface area contributed by atoms with Crippen LogP contribution in [0.5, 0.6) is 5.75 Å². The van der Waals surface area contributed by atoms with Crippen LogP contribution in [0.15, 0.2) is 30.5 Å². The van der Waals surface area contributed by atoms with E-state index >= 15 is 0 Å². The Labute approximate surface area is 206 Å². The normalized spacial score (nSPS) is 15.8. The van der Waals surface area contributed by atoms with Crippen molar-refractivity contribution in [3.8, 4) is 5.75 Å². The number of pyridine rings is 1. The number of benzene rings is 1. The standard InChI is InChI=1S/C24H36N2O3S.2ClH/c1-5-6-8-19-17-20-9-7-12-25-23(20)22(18-19)29-21-10-13-26(14-11-21)15-16-30(27,28)24(2,3)4;;/h7,9,12,17-18,21H,5-6,8,10-11,13-16H2,1-4H3;2*1H. The van der Waals surface area contributed by atoms with Gasteiger partial charge in [0, 0.05) is 31.2 Å². The fourth-order valence-electron chi connectivity index (χ4n) is 3.82. The number of unbranched alkanes of at least 4 members (excludes halogenated alkanes) is 1. The number of rotatable bonds is 8. The first-order valence-electron chi connectivity index (χ1n) is 11.2. The molecule has 2 heterocycles. The van der Waals surface area contributed by atoms with E-state index in [4.69, 9.17) is 4.74 Å². The van der Waals surface area contributed by atoms with E-state index in [1.165, 1.54) is 18.4 Å². The minimum atomic E-state index is -3.08. The number of piperidine rings is 1. The quantitative estimate of drug-likeness (QED) is 0.476. The number of hydrogen-bond donors (Lipinski definition) is 0. The van der Waals surface area contributed by atoms with E-state index in [-0.39, 0.29) is 36.7 Å². The van der Waals surface area contributed by atoms with Crippen LogP contribution in [0.1, 0.15) is 58.9 Å². The van der Waals surface area contributed by atoms with Crippen molar-refractivity contribution in [2.75, 3.05) is 25.4 Å². The summed E-state index contributed by atoms with van der Waals surface area (Å²) < 4.78 is 30.5. The summed E-state index contributed by atoms with van der Waals surface area (Å²) >= 11 is 0. The fraction of sp³-hybridized carbons (Fsp3) is 0.625. The number of aromatic nitrogens is 1. The number of sulfone groups is 1. The van der Waals surface area contributed by atoms with Crippen molar-refractivity contribution in [3.63, 3.8) is 0 Å². The van der Waals surface area contributed by atoms with Crippen molar-refractivity contribution in [2.24, 2.45) is 0 Å². The summed E-state index contributed by atoms with van der Waals surface area (Å²) in [6, 6.07) is 8.46. The Hall–Kier alpha value is -1.08. The van der Waals surface area contributed by atoms with Crippen molar-refractivity contribution in [1.82, 2.24) is 9.88 Å². The van der Waals surface area contributed by atoms with Gasteiger partial charge < -0.3 is 9.64 Å². The van der Waals surface area contributed by atoms with Gasteiger partial charge in [0.15, 0.2) is 9.84 Å². The third kappa shape index (κ3) is 7.47. The lowest BCUT2D eigenvalue weighted by molar-refractivity contribution is 0.105. The van der Waals surface area contributed by atoms with Gasteiger partial charge in [-0.05, 0) is 70.2 Å². The summed E-state index contributed by atoms with van der Waals surface area (Å²) in [4.78, 5) is 6.81. The van der Waals surface area contributed by atoms with E-state index in [1.807, 2.05) is 12.3 Å². The molecule has 32 heavy (non-hydrogen) atoms. The molecule has 0 aliphatic carbocycles. The Morgan fingerprint density at radius 3 is 2.47 bits per heavy atom. The van der Waals surface area contributed by atoms with Gasteiger partial charge in [-0.1, -0.05) is 19.4 Å². The maximum absolute atomic E-state index is 12.4. The summed E-state index contributed by atoms with van der Waals surface area (Å²) in [6.07, 6.45) is 7.17. The molecular weight excluding hydrogens is 467 g/mol. The Balaban J connectivity index is 0.00000256. The molecule has 5 nitrogen and oxygen atoms in total. The fourth-order valence-corrected chi connectivity index (χ4v) is 4.93.